The van der Waals surface area contributed by atoms with Crippen LogP contribution in [0.4, 0.5) is 0 Å². The van der Waals surface area contributed by atoms with Gasteiger partial charge in [-0.25, -0.2) is 0 Å². The maximum Gasteiger partial charge on any atom is 0.0702 e. The fourth-order valence-electron chi connectivity index (χ4n) is 2.25. The van der Waals surface area contributed by atoms with Gasteiger partial charge in [0.05, 0.1) is 5.52 Å². The van der Waals surface area contributed by atoms with Crippen molar-refractivity contribution in [2.75, 3.05) is 18.6 Å². The summed E-state index contributed by atoms with van der Waals surface area (Å²) in [6.07, 6.45) is 6.36. The van der Waals surface area contributed by atoms with Crippen LogP contribution in [0.1, 0.15) is 31.4 Å². The third kappa shape index (κ3) is 3.95. The van der Waals surface area contributed by atoms with Gasteiger partial charge in [0.25, 0.3) is 0 Å². The van der Waals surface area contributed by atoms with Gasteiger partial charge in [-0.1, -0.05) is 19.1 Å². The number of nitrogens with one attached hydrogen (secondary N) is 1. The average molecular weight is 274 g/mol. The van der Waals surface area contributed by atoms with Crippen molar-refractivity contribution in [2.24, 2.45) is 0 Å². The third-order valence-corrected chi connectivity index (χ3v) is 3.92. The molecule has 0 aliphatic carbocycles. The van der Waals surface area contributed by atoms with Gasteiger partial charge in [0.2, 0.25) is 0 Å². The van der Waals surface area contributed by atoms with E-state index in [4.69, 9.17) is 0 Å². The number of rotatable bonds is 7. The Kier molecular flexibility index (Phi) is 5.67. The fourth-order valence-corrected chi connectivity index (χ4v) is 2.72. The summed E-state index contributed by atoms with van der Waals surface area (Å²) >= 11 is 1.91. The van der Waals surface area contributed by atoms with Gasteiger partial charge in [-0.05, 0) is 55.2 Å². The number of nitrogens with zero attached hydrogens (tertiary/aromatic N) is 1. The summed E-state index contributed by atoms with van der Waals surface area (Å²) in [6.45, 7) is 3.28. The van der Waals surface area contributed by atoms with Crippen LogP contribution in [0.3, 0.4) is 0 Å². The molecule has 2 aromatic rings. The van der Waals surface area contributed by atoms with Crippen LogP contribution in [0.25, 0.3) is 10.9 Å². The van der Waals surface area contributed by atoms with E-state index in [0.29, 0.717) is 6.04 Å². The van der Waals surface area contributed by atoms with E-state index in [2.05, 4.69) is 47.7 Å². The first-order valence-electron chi connectivity index (χ1n) is 6.92. The summed E-state index contributed by atoms with van der Waals surface area (Å²) in [7, 11) is 0. The Morgan fingerprint density at radius 3 is 3.00 bits per heavy atom. The summed E-state index contributed by atoms with van der Waals surface area (Å²) in [5.41, 5.74) is 2.45. The van der Waals surface area contributed by atoms with Crippen molar-refractivity contribution < 1.29 is 0 Å². The van der Waals surface area contributed by atoms with Gasteiger partial charge in [0.1, 0.15) is 0 Å². The van der Waals surface area contributed by atoms with Crippen LogP contribution in [-0.2, 0) is 0 Å². The second-order valence-electron chi connectivity index (χ2n) is 4.74. The van der Waals surface area contributed by atoms with E-state index in [1.54, 1.807) is 0 Å². The molecule has 2 rings (SSSR count). The topological polar surface area (TPSA) is 24.9 Å². The van der Waals surface area contributed by atoms with E-state index in [1.807, 2.05) is 24.0 Å². The molecule has 1 unspecified atom stereocenters. The highest BCUT2D eigenvalue weighted by Crippen LogP contribution is 2.22. The lowest BCUT2D eigenvalue weighted by molar-refractivity contribution is 0.522. The molecular formula is C16H22N2S. The molecule has 1 aromatic heterocycles. The van der Waals surface area contributed by atoms with Crippen molar-refractivity contribution in [2.45, 2.75) is 25.8 Å². The standard InChI is InChI=1S/C16H22N2S/c1-3-9-17-16(8-11-19-2)14-6-7-15-13(12-14)5-4-10-18-15/h4-7,10,12,16-17H,3,8-9,11H2,1-2H3. The van der Waals surface area contributed by atoms with E-state index in [-0.39, 0.29) is 0 Å². The van der Waals surface area contributed by atoms with Crippen LogP contribution in [-0.4, -0.2) is 23.5 Å². The van der Waals surface area contributed by atoms with E-state index >= 15 is 0 Å². The molecule has 1 aromatic carbocycles. The monoisotopic (exact) mass is 274 g/mol. The maximum atomic E-state index is 4.38. The summed E-state index contributed by atoms with van der Waals surface area (Å²) in [5, 5.41) is 4.88. The first kappa shape index (κ1) is 14.4. The predicted octanol–water partition coefficient (Wildman–Crippen LogP) is 4.03. The van der Waals surface area contributed by atoms with Gasteiger partial charge in [0, 0.05) is 17.6 Å². The number of benzene rings is 1. The number of fused-ring (bicyclic) bond motifs is 1. The largest absolute Gasteiger partial charge is 0.310 e. The Balaban J connectivity index is 2.21. The Morgan fingerprint density at radius 2 is 2.21 bits per heavy atom. The van der Waals surface area contributed by atoms with Gasteiger partial charge < -0.3 is 5.32 Å². The molecule has 0 aliphatic heterocycles. The highest BCUT2D eigenvalue weighted by Gasteiger charge is 2.10. The van der Waals surface area contributed by atoms with E-state index < -0.39 is 0 Å². The zero-order valence-electron chi connectivity index (χ0n) is 11.7. The minimum Gasteiger partial charge on any atom is -0.310 e. The van der Waals surface area contributed by atoms with Gasteiger partial charge >= 0.3 is 0 Å². The Labute approximate surface area is 120 Å². The van der Waals surface area contributed by atoms with Crippen molar-refractivity contribution in [3.63, 3.8) is 0 Å². The maximum absolute atomic E-state index is 4.38. The molecule has 19 heavy (non-hydrogen) atoms. The number of hydrogen-bond acceptors (Lipinski definition) is 3. The molecular weight excluding hydrogens is 252 g/mol. The minimum atomic E-state index is 0.456. The van der Waals surface area contributed by atoms with Gasteiger partial charge in [-0.2, -0.15) is 11.8 Å². The molecule has 2 nitrogen and oxygen atoms in total. The molecule has 1 N–H and O–H groups in total. The SMILES string of the molecule is CCCNC(CCSC)c1ccc2ncccc2c1. The first-order chi connectivity index (χ1) is 9.35. The molecule has 1 heterocycles. The zero-order valence-corrected chi connectivity index (χ0v) is 12.5. The summed E-state index contributed by atoms with van der Waals surface area (Å²) in [4.78, 5) is 4.38. The van der Waals surface area contributed by atoms with Crippen molar-refractivity contribution in [1.82, 2.24) is 10.3 Å². The van der Waals surface area contributed by atoms with Crippen molar-refractivity contribution in [3.8, 4) is 0 Å². The molecule has 0 saturated heterocycles. The molecule has 1 atom stereocenters. The minimum absolute atomic E-state index is 0.456. The Morgan fingerprint density at radius 1 is 1.32 bits per heavy atom. The summed E-state index contributed by atoms with van der Waals surface area (Å²) < 4.78 is 0. The van der Waals surface area contributed by atoms with Crippen molar-refractivity contribution in [1.29, 1.82) is 0 Å². The van der Waals surface area contributed by atoms with Crippen LogP contribution < -0.4 is 5.32 Å². The molecule has 0 spiro atoms. The molecule has 0 bridgehead atoms. The van der Waals surface area contributed by atoms with Crippen molar-refractivity contribution >= 4 is 22.7 Å². The van der Waals surface area contributed by atoms with Crippen LogP contribution in [0, 0.1) is 0 Å². The van der Waals surface area contributed by atoms with Crippen LogP contribution in [0.2, 0.25) is 0 Å². The van der Waals surface area contributed by atoms with E-state index in [0.717, 1.165) is 12.1 Å². The molecule has 0 amide bonds. The number of aromatic nitrogens is 1. The lowest BCUT2D eigenvalue weighted by Gasteiger charge is -2.19. The van der Waals surface area contributed by atoms with Gasteiger partial charge in [0.15, 0.2) is 0 Å². The summed E-state index contributed by atoms with van der Waals surface area (Å²) in [5.74, 6) is 1.19. The molecule has 0 aliphatic rings. The normalized spacial score (nSPS) is 12.7. The molecule has 102 valence electrons. The second-order valence-corrected chi connectivity index (χ2v) is 5.73. The Bertz CT molecular complexity index is 505. The van der Waals surface area contributed by atoms with Gasteiger partial charge in [-0.15, -0.1) is 0 Å². The number of thioether (sulfide) groups is 1. The quantitative estimate of drug-likeness (QED) is 0.825. The summed E-state index contributed by atoms with van der Waals surface area (Å²) in [6, 6.07) is 11.2. The Hall–Kier alpha value is -1.06. The predicted molar refractivity (Wildman–Crippen MR) is 85.8 cm³/mol. The smallest absolute Gasteiger partial charge is 0.0702 e. The first-order valence-corrected chi connectivity index (χ1v) is 8.31. The van der Waals surface area contributed by atoms with Crippen molar-refractivity contribution in [3.05, 3.63) is 42.1 Å². The van der Waals surface area contributed by atoms with Crippen LogP contribution in [0.15, 0.2) is 36.5 Å². The third-order valence-electron chi connectivity index (χ3n) is 3.28. The van der Waals surface area contributed by atoms with Gasteiger partial charge in [-0.3, -0.25) is 4.98 Å². The average Bonchev–Trinajstić information content (AvgIpc) is 2.47. The fraction of sp³-hybridized carbons (Fsp3) is 0.438. The lowest BCUT2D eigenvalue weighted by Crippen LogP contribution is -2.22. The second kappa shape index (κ2) is 7.51. The highest BCUT2D eigenvalue weighted by atomic mass is 32.2. The number of pyridine rings is 1. The van der Waals surface area contributed by atoms with E-state index in [9.17, 15) is 0 Å². The zero-order chi connectivity index (χ0) is 13.5. The van der Waals surface area contributed by atoms with Crippen LogP contribution in [0.5, 0.6) is 0 Å². The number of hydrogen-bond donors (Lipinski definition) is 1. The molecule has 3 heteroatoms. The van der Waals surface area contributed by atoms with Crippen LogP contribution >= 0.6 is 11.8 Å². The lowest BCUT2D eigenvalue weighted by atomic mass is 10.0. The molecule has 0 radical (unpaired) electrons. The van der Waals surface area contributed by atoms with E-state index in [1.165, 1.54) is 29.5 Å². The molecule has 0 saturated carbocycles. The molecule has 0 fully saturated rings. The highest BCUT2D eigenvalue weighted by molar-refractivity contribution is 7.98.